The van der Waals surface area contributed by atoms with Crippen LogP contribution in [0.15, 0.2) is 45.9 Å². The maximum Gasteiger partial charge on any atom is 0.269 e. The molecule has 0 aliphatic rings. The van der Waals surface area contributed by atoms with Crippen molar-refractivity contribution < 1.29 is 14.1 Å². The summed E-state index contributed by atoms with van der Waals surface area (Å²) in [5.41, 5.74) is 3.02. The molecule has 0 radical (unpaired) electrons. The van der Waals surface area contributed by atoms with Gasteiger partial charge in [0.2, 0.25) is 5.91 Å². The second-order valence-electron chi connectivity index (χ2n) is 4.34. The number of hydrogen-bond acceptors (Lipinski definition) is 5. The highest BCUT2D eigenvalue weighted by Gasteiger charge is 2.06. The third-order valence-corrected chi connectivity index (χ3v) is 2.65. The summed E-state index contributed by atoms with van der Waals surface area (Å²) in [5, 5.41) is 14.3. The number of carbonyl (C=O) groups is 1. The molecule has 1 amide bonds. The van der Waals surface area contributed by atoms with E-state index in [1.807, 2.05) is 6.92 Å². The fourth-order valence-corrected chi connectivity index (χ4v) is 1.65. The second-order valence-corrected chi connectivity index (χ2v) is 4.34. The Labute approximate surface area is 120 Å². The average Bonchev–Trinajstić information content (AvgIpc) is 2.85. The summed E-state index contributed by atoms with van der Waals surface area (Å²) in [5.74, 6) is 0.986. The zero-order chi connectivity index (χ0) is 15.2. The Balaban J connectivity index is 1.86. The quantitative estimate of drug-likeness (QED) is 0.517. The minimum absolute atomic E-state index is 0.00892. The number of nitrogens with zero attached hydrogens (tertiary/aromatic N) is 2. The van der Waals surface area contributed by atoms with E-state index in [9.17, 15) is 14.9 Å². The van der Waals surface area contributed by atoms with E-state index in [0.29, 0.717) is 11.3 Å². The Morgan fingerprint density at radius 3 is 2.62 bits per heavy atom. The second kappa shape index (κ2) is 6.47. The fourth-order valence-electron chi connectivity index (χ4n) is 1.65. The molecular formula is C14H13N3O4. The Hall–Kier alpha value is -2.96. The van der Waals surface area contributed by atoms with Crippen molar-refractivity contribution in [1.82, 2.24) is 5.43 Å². The molecule has 0 spiro atoms. The molecule has 0 aliphatic carbocycles. The number of amides is 1. The van der Waals surface area contributed by atoms with Crippen LogP contribution in [-0.4, -0.2) is 17.0 Å². The Morgan fingerprint density at radius 2 is 2.05 bits per heavy atom. The van der Waals surface area contributed by atoms with Crippen LogP contribution in [0.1, 0.15) is 17.1 Å². The number of rotatable bonds is 5. The number of nitrogens with one attached hydrogen (secondary N) is 1. The first-order chi connectivity index (χ1) is 10.0. The molecule has 1 heterocycles. The molecule has 21 heavy (non-hydrogen) atoms. The van der Waals surface area contributed by atoms with Gasteiger partial charge < -0.3 is 4.42 Å². The molecule has 1 aromatic carbocycles. The van der Waals surface area contributed by atoms with E-state index < -0.39 is 4.92 Å². The van der Waals surface area contributed by atoms with Gasteiger partial charge in [-0.25, -0.2) is 5.43 Å². The molecule has 0 saturated heterocycles. The van der Waals surface area contributed by atoms with Crippen molar-refractivity contribution in [2.75, 3.05) is 0 Å². The number of hydrazone groups is 1. The standard InChI is InChI=1S/C14H13N3O4/c1-10-2-7-13(21-10)9-15-16-14(18)8-11-3-5-12(6-4-11)17(19)20/h2-7,9H,8H2,1H3,(H,16,18). The third-order valence-electron chi connectivity index (χ3n) is 2.65. The zero-order valence-corrected chi connectivity index (χ0v) is 11.3. The molecule has 2 rings (SSSR count). The smallest absolute Gasteiger partial charge is 0.269 e. The SMILES string of the molecule is Cc1ccc(C=NNC(=O)Cc2ccc([N+](=O)[O-])cc2)o1. The summed E-state index contributed by atoms with van der Waals surface area (Å²) in [6.45, 7) is 1.81. The molecule has 1 N–H and O–H groups in total. The van der Waals surface area contributed by atoms with Crippen molar-refractivity contribution in [2.45, 2.75) is 13.3 Å². The van der Waals surface area contributed by atoms with E-state index in [1.54, 1.807) is 12.1 Å². The minimum atomic E-state index is -0.487. The average molecular weight is 287 g/mol. The number of nitro groups is 1. The van der Waals surface area contributed by atoms with Crippen LogP contribution in [0.25, 0.3) is 0 Å². The van der Waals surface area contributed by atoms with Gasteiger partial charge in [-0.05, 0) is 24.6 Å². The highest BCUT2D eigenvalue weighted by molar-refractivity contribution is 5.81. The van der Waals surface area contributed by atoms with Gasteiger partial charge in [0.15, 0.2) is 0 Å². The van der Waals surface area contributed by atoms with Gasteiger partial charge in [-0.1, -0.05) is 12.1 Å². The largest absolute Gasteiger partial charge is 0.460 e. The van der Waals surface area contributed by atoms with E-state index in [0.717, 1.165) is 5.76 Å². The third kappa shape index (κ3) is 4.27. The van der Waals surface area contributed by atoms with Crippen molar-refractivity contribution in [3.8, 4) is 0 Å². The van der Waals surface area contributed by atoms with Crippen LogP contribution < -0.4 is 5.43 Å². The van der Waals surface area contributed by atoms with E-state index in [4.69, 9.17) is 4.42 Å². The lowest BCUT2D eigenvalue weighted by Gasteiger charge is -2.00. The number of aryl methyl sites for hydroxylation is 1. The Morgan fingerprint density at radius 1 is 1.33 bits per heavy atom. The first-order valence-corrected chi connectivity index (χ1v) is 6.16. The molecule has 1 aromatic heterocycles. The Bertz CT molecular complexity index is 674. The van der Waals surface area contributed by atoms with Crippen molar-refractivity contribution in [2.24, 2.45) is 5.10 Å². The molecule has 0 aliphatic heterocycles. The molecule has 7 heteroatoms. The van der Waals surface area contributed by atoms with Gasteiger partial charge in [0.1, 0.15) is 11.5 Å². The number of hydrogen-bond donors (Lipinski definition) is 1. The van der Waals surface area contributed by atoms with Gasteiger partial charge in [-0.2, -0.15) is 5.10 Å². The van der Waals surface area contributed by atoms with Crippen LogP contribution in [0, 0.1) is 17.0 Å². The lowest BCUT2D eigenvalue weighted by molar-refractivity contribution is -0.384. The number of nitro benzene ring substituents is 1. The van der Waals surface area contributed by atoms with Crippen LogP contribution >= 0.6 is 0 Å². The predicted octanol–water partition coefficient (Wildman–Crippen LogP) is 2.19. The molecule has 0 saturated carbocycles. The van der Waals surface area contributed by atoms with Crippen LogP contribution in [0.4, 0.5) is 5.69 Å². The normalized spacial score (nSPS) is 10.7. The van der Waals surface area contributed by atoms with Crippen molar-refractivity contribution in [1.29, 1.82) is 0 Å². The molecule has 0 fully saturated rings. The van der Waals surface area contributed by atoms with Crippen LogP contribution in [-0.2, 0) is 11.2 Å². The first-order valence-electron chi connectivity index (χ1n) is 6.16. The molecular weight excluding hydrogens is 274 g/mol. The highest BCUT2D eigenvalue weighted by Crippen LogP contribution is 2.12. The van der Waals surface area contributed by atoms with Gasteiger partial charge in [-0.3, -0.25) is 14.9 Å². The summed E-state index contributed by atoms with van der Waals surface area (Å²) in [7, 11) is 0. The summed E-state index contributed by atoms with van der Waals surface area (Å²) in [6.07, 6.45) is 1.49. The Kier molecular flexibility index (Phi) is 4.45. The van der Waals surface area contributed by atoms with Gasteiger partial charge >= 0.3 is 0 Å². The van der Waals surface area contributed by atoms with Gasteiger partial charge in [0.05, 0.1) is 17.6 Å². The van der Waals surface area contributed by atoms with Crippen molar-refractivity contribution in [3.05, 3.63) is 63.6 Å². The predicted molar refractivity (Wildman–Crippen MR) is 76.0 cm³/mol. The lowest BCUT2D eigenvalue weighted by Crippen LogP contribution is -2.19. The van der Waals surface area contributed by atoms with Crippen LogP contribution in [0.3, 0.4) is 0 Å². The number of furan rings is 1. The topological polar surface area (TPSA) is 97.7 Å². The highest BCUT2D eigenvalue weighted by atomic mass is 16.6. The number of non-ortho nitro benzene ring substituents is 1. The first kappa shape index (κ1) is 14.4. The van der Waals surface area contributed by atoms with Gasteiger partial charge in [0.25, 0.3) is 5.69 Å². The number of benzene rings is 1. The fraction of sp³-hybridized carbons (Fsp3) is 0.143. The van der Waals surface area contributed by atoms with Gasteiger partial charge in [-0.15, -0.1) is 0 Å². The summed E-state index contributed by atoms with van der Waals surface area (Å²) in [6, 6.07) is 9.32. The molecule has 108 valence electrons. The molecule has 0 atom stereocenters. The van der Waals surface area contributed by atoms with Crippen LogP contribution in [0.5, 0.6) is 0 Å². The van der Waals surface area contributed by atoms with Crippen molar-refractivity contribution in [3.63, 3.8) is 0 Å². The van der Waals surface area contributed by atoms with E-state index in [-0.39, 0.29) is 18.0 Å². The van der Waals surface area contributed by atoms with Crippen molar-refractivity contribution >= 4 is 17.8 Å². The maximum absolute atomic E-state index is 11.6. The molecule has 2 aromatic rings. The van der Waals surface area contributed by atoms with E-state index >= 15 is 0 Å². The summed E-state index contributed by atoms with van der Waals surface area (Å²) in [4.78, 5) is 21.7. The molecule has 0 unspecified atom stereocenters. The molecule has 7 nitrogen and oxygen atoms in total. The summed E-state index contributed by atoms with van der Waals surface area (Å²) < 4.78 is 5.25. The van der Waals surface area contributed by atoms with Crippen LogP contribution in [0.2, 0.25) is 0 Å². The maximum atomic E-state index is 11.6. The number of carbonyl (C=O) groups excluding carboxylic acids is 1. The van der Waals surface area contributed by atoms with E-state index in [1.165, 1.54) is 30.5 Å². The van der Waals surface area contributed by atoms with E-state index in [2.05, 4.69) is 10.5 Å². The lowest BCUT2D eigenvalue weighted by atomic mass is 10.1. The summed E-state index contributed by atoms with van der Waals surface area (Å²) >= 11 is 0. The zero-order valence-electron chi connectivity index (χ0n) is 11.3. The minimum Gasteiger partial charge on any atom is -0.460 e. The monoisotopic (exact) mass is 287 g/mol. The van der Waals surface area contributed by atoms with Gasteiger partial charge in [0, 0.05) is 12.1 Å². The molecule has 0 bridgehead atoms.